The summed E-state index contributed by atoms with van der Waals surface area (Å²) in [5.74, 6) is 1.01. The topological polar surface area (TPSA) is 71.3 Å². The quantitative estimate of drug-likeness (QED) is 0.683. The van der Waals surface area contributed by atoms with Crippen molar-refractivity contribution in [2.75, 3.05) is 6.79 Å². The average Bonchev–Trinajstić information content (AvgIpc) is 3.14. The lowest BCUT2D eigenvalue weighted by Gasteiger charge is -2.10. The van der Waals surface area contributed by atoms with Gasteiger partial charge >= 0.3 is 0 Å². The Hall–Kier alpha value is -2.48. The molecule has 0 radical (unpaired) electrons. The highest BCUT2D eigenvalue weighted by Crippen LogP contribution is 2.33. The van der Waals surface area contributed by atoms with Crippen molar-refractivity contribution in [1.29, 1.82) is 5.26 Å². The first kappa shape index (κ1) is 13.5. The smallest absolute Gasteiger partial charge is 0.262 e. The second-order valence-electron chi connectivity index (χ2n) is 5.24. The van der Waals surface area contributed by atoms with E-state index >= 15 is 0 Å². The second kappa shape index (κ2) is 5.88. The molecular weight excluding hydrogens is 268 g/mol. The minimum absolute atomic E-state index is 0.112. The number of fused-ring (bicyclic) bond motifs is 1. The summed E-state index contributed by atoms with van der Waals surface area (Å²) in [5.41, 5.74) is 0.859. The van der Waals surface area contributed by atoms with Gasteiger partial charge in [-0.1, -0.05) is 18.9 Å². The van der Waals surface area contributed by atoms with E-state index in [1.165, 1.54) is 0 Å². The predicted octanol–water partition coefficient (Wildman–Crippen LogP) is 2.38. The molecule has 0 unspecified atom stereocenters. The average molecular weight is 284 g/mol. The Morgan fingerprint density at radius 2 is 2.05 bits per heavy atom. The van der Waals surface area contributed by atoms with Crippen LogP contribution >= 0.6 is 0 Å². The van der Waals surface area contributed by atoms with Gasteiger partial charge in [-0.3, -0.25) is 4.79 Å². The lowest BCUT2D eigenvalue weighted by Crippen LogP contribution is -2.33. The van der Waals surface area contributed by atoms with Crippen LogP contribution in [0.25, 0.3) is 6.08 Å². The maximum Gasteiger partial charge on any atom is 0.262 e. The molecule has 0 spiro atoms. The molecule has 3 rings (SSSR count). The molecule has 2 aliphatic rings. The number of benzene rings is 1. The highest BCUT2D eigenvalue weighted by Gasteiger charge is 2.19. The highest BCUT2D eigenvalue weighted by molar-refractivity contribution is 6.01. The van der Waals surface area contributed by atoms with E-state index in [2.05, 4.69) is 5.32 Å². The third-order valence-corrected chi connectivity index (χ3v) is 3.76. The maximum absolute atomic E-state index is 12.1. The molecule has 1 saturated carbocycles. The van der Waals surface area contributed by atoms with Gasteiger partial charge in [0, 0.05) is 6.04 Å². The molecule has 1 aliphatic carbocycles. The lowest BCUT2D eigenvalue weighted by molar-refractivity contribution is -0.117. The third-order valence-electron chi connectivity index (χ3n) is 3.76. The van der Waals surface area contributed by atoms with Crippen LogP contribution in [0.5, 0.6) is 11.5 Å². The molecular formula is C16H16N2O3. The molecule has 1 aromatic carbocycles. The van der Waals surface area contributed by atoms with Gasteiger partial charge in [0.25, 0.3) is 5.91 Å². The molecule has 5 heteroatoms. The van der Waals surface area contributed by atoms with Crippen LogP contribution in [0.2, 0.25) is 0 Å². The number of ether oxygens (including phenoxy) is 2. The number of amides is 1. The van der Waals surface area contributed by atoms with Crippen molar-refractivity contribution in [2.24, 2.45) is 0 Å². The zero-order valence-corrected chi connectivity index (χ0v) is 11.6. The molecule has 1 N–H and O–H groups in total. The van der Waals surface area contributed by atoms with Gasteiger partial charge in [0.2, 0.25) is 6.79 Å². The Morgan fingerprint density at radius 3 is 2.81 bits per heavy atom. The zero-order chi connectivity index (χ0) is 14.7. The van der Waals surface area contributed by atoms with Gasteiger partial charge < -0.3 is 14.8 Å². The van der Waals surface area contributed by atoms with Crippen LogP contribution < -0.4 is 14.8 Å². The number of nitrogens with zero attached hydrogens (tertiary/aromatic N) is 1. The molecule has 0 bridgehead atoms. The SMILES string of the molecule is N#C/C(=C\c1ccc2c(c1)OCO2)C(=O)NC1CCCC1. The van der Waals surface area contributed by atoms with Crippen molar-refractivity contribution in [3.8, 4) is 17.6 Å². The summed E-state index contributed by atoms with van der Waals surface area (Å²) >= 11 is 0. The van der Waals surface area contributed by atoms with E-state index in [1.54, 1.807) is 24.3 Å². The maximum atomic E-state index is 12.1. The molecule has 1 fully saturated rings. The predicted molar refractivity (Wildman–Crippen MR) is 76.6 cm³/mol. The fourth-order valence-corrected chi connectivity index (χ4v) is 2.65. The minimum Gasteiger partial charge on any atom is -0.454 e. The highest BCUT2D eigenvalue weighted by atomic mass is 16.7. The van der Waals surface area contributed by atoms with Crippen molar-refractivity contribution >= 4 is 12.0 Å². The number of rotatable bonds is 3. The molecule has 0 aromatic heterocycles. The molecule has 5 nitrogen and oxygen atoms in total. The number of carbonyl (C=O) groups is 1. The van der Waals surface area contributed by atoms with E-state index in [0.717, 1.165) is 31.2 Å². The number of hydrogen-bond acceptors (Lipinski definition) is 4. The molecule has 0 atom stereocenters. The van der Waals surface area contributed by atoms with Crippen LogP contribution in [-0.4, -0.2) is 18.7 Å². The Labute approximate surface area is 123 Å². The van der Waals surface area contributed by atoms with Crippen LogP contribution in [0.3, 0.4) is 0 Å². The van der Waals surface area contributed by atoms with Gasteiger partial charge in [0.1, 0.15) is 11.6 Å². The van der Waals surface area contributed by atoms with Crippen LogP contribution in [0.1, 0.15) is 31.2 Å². The zero-order valence-electron chi connectivity index (χ0n) is 11.6. The Balaban J connectivity index is 1.75. The van der Waals surface area contributed by atoms with Crippen LogP contribution in [0, 0.1) is 11.3 Å². The van der Waals surface area contributed by atoms with Gasteiger partial charge in [-0.2, -0.15) is 5.26 Å². The van der Waals surface area contributed by atoms with E-state index in [-0.39, 0.29) is 24.3 Å². The fraction of sp³-hybridized carbons (Fsp3) is 0.375. The second-order valence-corrected chi connectivity index (χ2v) is 5.24. The summed E-state index contributed by atoms with van der Waals surface area (Å²) in [7, 11) is 0. The standard InChI is InChI=1S/C16H16N2O3/c17-9-12(16(19)18-13-3-1-2-4-13)7-11-5-6-14-15(8-11)21-10-20-14/h5-8,13H,1-4,10H2,(H,18,19)/b12-7+. The number of nitrogens with one attached hydrogen (secondary N) is 1. The van der Waals surface area contributed by atoms with Crippen molar-refractivity contribution in [3.63, 3.8) is 0 Å². The largest absolute Gasteiger partial charge is 0.454 e. The first-order valence-electron chi connectivity index (χ1n) is 7.08. The van der Waals surface area contributed by atoms with Crippen LogP contribution in [0.15, 0.2) is 23.8 Å². The molecule has 1 amide bonds. The van der Waals surface area contributed by atoms with Crippen LogP contribution in [-0.2, 0) is 4.79 Å². The van der Waals surface area contributed by atoms with Gasteiger partial charge in [-0.15, -0.1) is 0 Å². The van der Waals surface area contributed by atoms with Crippen molar-refractivity contribution in [1.82, 2.24) is 5.32 Å². The summed E-state index contributed by atoms with van der Waals surface area (Å²) in [6.07, 6.45) is 5.84. The molecule has 108 valence electrons. The van der Waals surface area contributed by atoms with E-state index in [4.69, 9.17) is 9.47 Å². The summed E-state index contributed by atoms with van der Waals surface area (Å²) in [5, 5.41) is 12.1. The van der Waals surface area contributed by atoms with Crippen molar-refractivity contribution < 1.29 is 14.3 Å². The third kappa shape index (κ3) is 3.00. The molecule has 0 saturated heterocycles. The van der Waals surface area contributed by atoms with E-state index in [1.807, 2.05) is 6.07 Å². The van der Waals surface area contributed by atoms with Gasteiger partial charge in [0.05, 0.1) is 0 Å². The van der Waals surface area contributed by atoms with Gasteiger partial charge in [-0.05, 0) is 36.6 Å². The van der Waals surface area contributed by atoms with E-state index in [9.17, 15) is 10.1 Å². The summed E-state index contributed by atoms with van der Waals surface area (Å²) in [6, 6.07) is 7.51. The number of nitriles is 1. The normalized spacial score (nSPS) is 17.6. The Bertz CT molecular complexity index is 625. The monoisotopic (exact) mass is 284 g/mol. The molecule has 21 heavy (non-hydrogen) atoms. The number of hydrogen-bond donors (Lipinski definition) is 1. The number of carbonyl (C=O) groups excluding carboxylic acids is 1. The summed E-state index contributed by atoms with van der Waals surface area (Å²) in [4.78, 5) is 12.1. The minimum atomic E-state index is -0.304. The van der Waals surface area contributed by atoms with Gasteiger partial charge in [-0.25, -0.2) is 0 Å². The molecule has 1 aliphatic heterocycles. The van der Waals surface area contributed by atoms with Crippen LogP contribution in [0.4, 0.5) is 0 Å². The summed E-state index contributed by atoms with van der Waals surface area (Å²) in [6.45, 7) is 0.204. The van der Waals surface area contributed by atoms with E-state index < -0.39 is 0 Å². The summed E-state index contributed by atoms with van der Waals surface area (Å²) < 4.78 is 10.5. The molecule has 1 aromatic rings. The van der Waals surface area contributed by atoms with Gasteiger partial charge in [0.15, 0.2) is 11.5 Å². The van der Waals surface area contributed by atoms with Crippen molar-refractivity contribution in [3.05, 3.63) is 29.3 Å². The van der Waals surface area contributed by atoms with Crippen molar-refractivity contribution in [2.45, 2.75) is 31.7 Å². The first-order valence-corrected chi connectivity index (χ1v) is 7.08. The Morgan fingerprint density at radius 1 is 1.29 bits per heavy atom. The fourth-order valence-electron chi connectivity index (χ4n) is 2.65. The Kier molecular flexibility index (Phi) is 3.78. The molecule has 1 heterocycles. The first-order chi connectivity index (χ1) is 10.3. The lowest BCUT2D eigenvalue weighted by atomic mass is 10.1. The van der Waals surface area contributed by atoms with E-state index in [0.29, 0.717) is 11.5 Å².